The first-order valence-corrected chi connectivity index (χ1v) is 9.92. The molecular formula is C17H22F3NO6S. The number of carbonyl (C=O) groups is 2. The van der Waals surface area contributed by atoms with Gasteiger partial charge in [-0.05, 0) is 26.3 Å². The predicted molar refractivity (Wildman–Crippen MR) is 93.8 cm³/mol. The van der Waals surface area contributed by atoms with Gasteiger partial charge in [0.2, 0.25) is 0 Å². The van der Waals surface area contributed by atoms with Crippen molar-refractivity contribution in [2.45, 2.75) is 44.5 Å². The summed E-state index contributed by atoms with van der Waals surface area (Å²) in [4.78, 5) is 24.0. The van der Waals surface area contributed by atoms with Gasteiger partial charge in [-0.25, -0.2) is 4.79 Å². The van der Waals surface area contributed by atoms with Crippen molar-refractivity contribution < 1.29 is 40.1 Å². The van der Waals surface area contributed by atoms with E-state index in [1.54, 1.807) is 23.5 Å². The summed E-state index contributed by atoms with van der Waals surface area (Å²) in [6.45, 7) is 3.82. The number of hydrogen-bond donors (Lipinski definition) is 1. The molecule has 0 spiro atoms. The molecule has 2 unspecified atom stereocenters. The van der Waals surface area contributed by atoms with Gasteiger partial charge in [0.15, 0.2) is 0 Å². The van der Waals surface area contributed by atoms with Crippen LogP contribution in [0.3, 0.4) is 0 Å². The molecule has 1 rings (SSSR count). The average Bonchev–Trinajstić information content (AvgIpc) is 2.51. The summed E-state index contributed by atoms with van der Waals surface area (Å²) in [6.07, 6.45) is -4.50. The van der Waals surface area contributed by atoms with Crippen molar-refractivity contribution in [3.8, 4) is 0 Å². The molecular weight excluding hydrogens is 403 g/mol. The molecule has 0 saturated heterocycles. The van der Waals surface area contributed by atoms with E-state index in [0.717, 1.165) is 6.26 Å². The first-order valence-electron chi connectivity index (χ1n) is 8.10. The first kappa shape index (κ1) is 23.9. The van der Waals surface area contributed by atoms with E-state index in [-0.39, 0.29) is 5.56 Å². The maximum Gasteiger partial charge on any atom is 0.471 e. The van der Waals surface area contributed by atoms with Crippen LogP contribution < -0.4 is 5.32 Å². The molecule has 1 aromatic carbocycles. The molecule has 28 heavy (non-hydrogen) atoms. The lowest BCUT2D eigenvalue weighted by molar-refractivity contribution is -0.177. The van der Waals surface area contributed by atoms with E-state index >= 15 is 0 Å². The second-order valence-corrected chi connectivity index (χ2v) is 8.63. The number of amides is 1. The molecule has 1 amide bonds. The minimum absolute atomic E-state index is 0.282. The second-order valence-electron chi connectivity index (χ2n) is 6.99. The molecule has 0 aromatic heterocycles. The fraction of sp³-hybridized carbons (Fsp3) is 0.529. The standard InChI is InChI=1S/C17H22F3NO6S/c1-16(2,3)27-14(22)13(21-15(23)17(18,19)20)12(10-26-28(4,24)25)11-8-6-5-7-9-11/h5-9,12-13H,10H2,1-4H3,(H,21,23). The Morgan fingerprint density at radius 2 is 1.64 bits per heavy atom. The highest BCUT2D eigenvalue weighted by molar-refractivity contribution is 7.85. The molecule has 158 valence electrons. The second kappa shape index (κ2) is 8.91. The number of esters is 1. The van der Waals surface area contributed by atoms with Gasteiger partial charge < -0.3 is 10.1 Å². The van der Waals surface area contributed by atoms with Crippen LogP contribution in [-0.4, -0.2) is 51.0 Å². The van der Waals surface area contributed by atoms with Crippen LogP contribution in [0.15, 0.2) is 30.3 Å². The summed E-state index contributed by atoms with van der Waals surface area (Å²) in [6, 6.07) is 5.80. The molecule has 0 saturated carbocycles. The number of ether oxygens (including phenoxy) is 1. The minimum atomic E-state index is -5.25. The van der Waals surface area contributed by atoms with Crippen LogP contribution in [-0.2, 0) is 28.6 Å². The molecule has 0 bridgehead atoms. The minimum Gasteiger partial charge on any atom is -0.458 e. The van der Waals surface area contributed by atoms with Crippen molar-refractivity contribution in [1.29, 1.82) is 0 Å². The van der Waals surface area contributed by atoms with Crippen molar-refractivity contribution in [2.24, 2.45) is 0 Å². The highest BCUT2D eigenvalue weighted by atomic mass is 32.2. The van der Waals surface area contributed by atoms with Crippen molar-refractivity contribution in [2.75, 3.05) is 12.9 Å². The molecule has 0 aliphatic heterocycles. The topological polar surface area (TPSA) is 98.8 Å². The van der Waals surface area contributed by atoms with E-state index in [1.165, 1.54) is 32.9 Å². The molecule has 0 aliphatic rings. The quantitative estimate of drug-likeness (QED) is 0.531. The molecule has 1 N–H and O–H groups in total. The zero-order valence-electron chi connectivity index (χ0n) is 15.7. The summed E-state index contributed by atoms with van der Waals surface area (Å²) < 4.78 is 70.8. The highest BCUT2D eigenvalue weighted by Crippen LogP contribution is 2.25. The van der Waals surface area contributed by atoms with Crippen molar-refractivity contribution in [1.82, 2.24) is 5.32 Å². The number of carbonyl (C=O) groups excluding carboxylic acids is 2. The summed E-state index contributed by atoms with van der Waals surface area (Å²) >= 11 is 0. The largest absolute Gasteiger partial charge is 0.471 e. The van der Waals surface area contributed by atoms with E-state index in [2.05, 4.69) is 0 Å². The molecule has 7 nitrogen and oxygen atoms in total. The third-order valence-corrected chi connectivity index (χ3v) is 3.86. The van der Waals surface area contributed by atoms with Crippen LogP contribution in [0, 0.1) is 0 Å². The maximum atomic E-state index is 12.8. The van der Waals surface area contributed by atoms with E-state index < -0.39 is 52.3 Å². The summed E-state index contributed by atoms with van der Waals surface area (Å²) in [5.74, 6) is -4.77. The summed E-state index contributed by atoms with van der Waals surface area (Å²) in [5, 5.41) is 1.60. The van der Waals surface area contributed by atoms with Gasteiger partial charge in [-0.2, -0.15) is 21.6 Å². The highest BCUT2D eigenvalue weighted by Gasteiger charge is 2.44. The van der Waals surface area contributed by atoms with E-state index in [0.29, 0.717) is 0 Å². The summed E-state index contributed by atoms with van der Waals surface area (Å²) in [5.41, 5.74) is -0.776. The Morgan fingerprint density at radius 1 is 1.11 bits per heavy atom. The monoisotopic (exact) mass is 425 g/mol. The zero-order valence-corrected chi connectivity index (χ0v) is 16.6. The van der Waals surface area contributed by atoms with Crippen molar-refractivity contribution >= 4 is 22.0 Å². The van der Waals surface area contributed by atoms with Crippen LogP contribution in [0.5, 0.6) is 0 Å². The molecule has 2 atom stereocenters. The lowest BCUT2D eigenvalue weighted by atomic mass is 9.91. The fourth-order valence-corrected chi connectivity index (χ4v) is 2.59. The third kappa shape index (κ3) is 8.26. The normalized spacial score (nSPS) is 14.8. The Labute approximate surface area is 161 Å². The number of rotatable bonds is 7. The summed E-state index contributed by atoms with van der Waals surface area (Å²) in [7, 11) is -3.97. The number of hydrogen-bond acceptors (Lipinski definition) is 6. The van der Waals surface area contributed by atoms with Gasteiger partial charge in [-0.15, -0.1) is 0 Å². The van der Waals surface area contributed by atoms with Gasteiger partial charge in [0.25, 0.3) is 10.1 Å². The Hall–Kier alpha value is -2.14. The number of halogens is 3. The van der Waals surface area contributed by atoms with Gasteiger partial charge >= 0.3 is 18.1 Å². The lowest BCUT2D eigenvalue weighted by Gasteiger charge is -2.30. The number of benzene rings is 1. The molecule has 0 aliphatic carbocycles. The molecule has 0 radical (unpaired) electrons. The van der Waals surface area contributed by atoms with E-state index in [4.69, 9.17) is 8.92 Å². The van der Waals surface area contributed by atoms with Gasteiger partial charge in [0.1, 0.15) is 11.6 Å². The lowest BCUT2D eigenvalue weighted by Crippen LogP contribution is -2.52. The SMILES string of the molecule is CC(C)(C)OC(=O)C(NC(=O)C(F)(F)F)C(COS(C)(=O)=O)c1ccccc1. The van der Waals surface area contributed by atoms with Gasteiger partial charge in [0, 0.05) is 5.92 Å². The average molecular weight is 425 g/mol. The van der Waals surface area contributed by atoms with E-state index in [1.807, 2.05) is 0 Å². The van der Waals surface area contributed by atoms with Crippen LogP contribution in [0.2, 0.25) is 0 Å². The van der Waals surface area contributed by atoms with Crippen molar-refractivity contribution in [3.63, 3.8) is 0 Å². The van der Waals surface area contributed by atoms with Gasteiger partial charge in [-0.1, -0.05) is 30.3 Å². The molecule has 0 fully saturated rings. The maximum absolute atomic E-state index is 12.8. The Balaban J connectivity index is 3.34. The van der Waals surface area contributed by atoms with Crippen LogP contribution >= 0.6 is 0 Å². The molecule has 0 heterocycles. The van der Waals surface area contributed by atoms with Gasteiger partial charge in [0.05, 0.1) is 12.9 Å². The zero-order chi connectivity index (χ0) is 21.8. The Bertz CT molecular complexity index is 787. The number of nitrogens with one attached hydrogen (secondary N) is 1. The molecule has 1 aromatic rings. The van der Waals surface area contributed by atoms with E-state index in [9.17, 15) is 31.2 Å². The van der Waals surface area contributed by atoms with Crippen LogP contribution in [0.1, 0.15) is 32.3 Å². The Kier molecular flexibility index (Phi) is 7.60. The smallest absolute Gasteiger partial charge is 0.458 e. The third-order valence-electron chi connectivity index (χ3n) is 3.30. The Morgan fingerprint density at radius 3 is 2.07 bits per heavy atom. The van der Waals surface area contributed by atoms with Crippen molar-refractivity contribution in [3.05, 3.63) is 35.9 Å². The van der Waals surface area contributed by atoms with Crippen LogP contribution in [0.4, 0.5) is 13.2 Å². The van der Waals surface area contributed by atoms with Gasteiger partial charge in [-0.3, -0.25) is 8.98 Å². The number of alkyl halides is 3. The molecule has 11 heteroatoms. The first-order chi connectivity index (χ1) is 12.6. The predicted octanol–water partition coefficient (Wildman–Crippen LogP) is 2.14. The fourth-order valence-electron chi connectivity index (χ4n) is 2.19. The van der Waals surface area contributed by atoms with Crippen LogP contribution in [0.25, 0.3) is 0 Å².